The summed E-state index contributed by atoms with van der Waals surface area (Å²) >= 11 is 17.7. The second-order valence-electron chi connectivity index (χ2n) is 3.92. The Kier molecular flexibility index (Phi) is 4.51. The normalized spacial score (nSPS) is 9.90. The first-order valence-corrected chi connectivity index (χ1v) is 6.60. The second kappa shape index (κ2) is 6.15. The Morgan fingerprint density at radius 3 is 2.30 bits per heavy atom. The first-order valence-electron chi connectivity index (χ1n) is 5.46. The molecule has 0 atom stereocenters. The molecule has 0 spiro atoms. The van der Waals surface area contributed by atoms with E-state index in [4.69, 9.17) is 40.1 Å². The van der Waals surface area contributed by atoms with Crippen molar-refractivity contribution in [3.05, 3.63) is 62.6 Å². The van der Waals surface area contributed by atoms with Crippen molar-refractivity contribution in [3.63, 3.8) is 0 Å². The van der Waals surface area contributed by atoms with Gasteiger partial charge in [-0.1, -0.05) is 34.8 Å². The molecule has 0 radical (unpaired) electrons. The predicted molar refractivity (Wildman–Crippen MR) is 80.6 cm³/mol. The van der Waals surface area contributed by atoms with Gasteiger partial charge in [-0.25, -0.2) is 0 Å². The van der Waals surface area contributed by atoms with E-state index in [1.807, 2.05) is 6.07 Å². The summed E-state index contributed by atoms with van der Waals surface area (Å²) in [5.74, 6) is -0.411. The maximum absolute atomic E-state index is 12.1. The predicted octanol–water partition coefficient (Wildman–Crippen LogP) is 4.77. The van der Waals surface area contributed by atoms with Gasteiger partial charge in [-0.2, -0.15) is 5.26 Å². The zero-order valence-corrected chi connectivity index (χ0v) is 12.2. The van der Waals surface area contributed by atoms with E-state index in [0.29, 0.717) is 31.9 Å². The average Bonchev–Trinajstić information content (AvgIpc) is 2.40. The molecule has 3 nitrogen and oxygen atoms in total. The van der Waals surface area contributed by atoms with E-state index < -0.39 is 5.91 Å². The fourth-order valence-corrected chi connectivity index (χ4v) is 2.26. The molecular weight excluding hydrogens is 319 g/mol. The van der Waals surface area contributed by atoms with E-state index in [1.165, 1.54) is 24.3 Å². The molecule has 0 aromatic heterocycles. The van der Waals surface area contributed by atoms with Crippen LogP contribution in [0.4, 0.5) is 5.69 Å². The van der Waals surface area contributed by atoms with E-state index in [-0.39, 0.29) is 0 Å². The minimum absolute atomic E-state index is 0.306. The second-order valence-corrected chi connectivity index (χ2v) is 5.20. The summed E-state index contributed by atoms with van der Waals surface area (Å²) in [5, 5.41) is 12.5. The van der Waals surface area contributed by atoms with E-state index in [2.05, 4.69) is 5.32 Å². The van der Waals surface area contributed by atoms with Gasteiger partial charge in [0.1, 0.15) is 0 Å². The van der Waals surface area contributed by atoms with Gasteiger partial charge in [0.25, 0.3) is 5.91 Å². The molecule has 0 saturated carbocycles. The van der Waals surface area contributed by atoms with Crippen LogP contribution >= 0.6 is 34.8 Å². The third-order valence-corrected chi connectivity index (χ3v) is 3.23. The number of rotatable bonds is 2. The number of amides is 1. The molecule has 2 rings (SSSR count). The standard InChI is InChI=1S/C14H7Cl3N2O/c15-10-4-9(5-11(16)6-10)14(20)19-13-3-8(7-18)1-2-12(13)17/h1-6H,(H,19,20). The minimum atomic E-state index is -0.411. The van der Waals surface area contributed by atoms with Crippen LogP contribution in [0.25, 0.3) is 0 Å². The Bertz CT molecular complexity index is 703. The lowest BCUT2D eigenvalue weighted by molar-refractivity contribution is 0.102. The van der Waals surface area contributed by atoms with Crippen LogP contribution in [0.5, 0.6) is 0 Å². The number of hydrogen-bond acceptors (Lipinski definition) is 2. The average molecular weight is 326 g/mol. The third kappa shape index (κ3) is 3.43. The Balaban J connectivity index is 2.30. The maximum Gasteiger partial charge on any atom is 0.255 e. The summed E-state index contributed by atoms with van der Waals surface area (Å²) in [6, 6.07) is 11.1. The van der Waals surface area contributed by atoms with Gasteiger partial charge in [-0.3, -0.25) is 4.79 Å². The maximum atomic E-state index is 12.1. The van der Waals surface area contributed by atoms with Crippen molar-refractivity contribution in [2.45, 2.75) is 0 Å². The molecule has 0 unspecified atom stereocenters. The number of nitriles is 1. The van der Waals surface area contributed by atoms with Crippen LogP contribution in [0, 0.1) is 11.3 Å². The molecular formula is C14H7Cl3N2O. The van der Waals surface area contributed by atoms with Crippen LogP contribution < -0.4 is 5.32 Å². The number of anilines is 1. The lowest BCUT2D eigenvalue weighted by Gasteiger charge is -2.08. The van der Waals surface area contributed by atoms with Crippen molar-refractivity contribution in [2.24, 2.45) is 0 Å². The van der Waals surface area contributed by atoms with Crippen molar-refractivity contribution in [1.82, 2.24) is 0 Å². The monoisotopic (exact) mass is 324 g/mol. The Hall–Kier alpha value is -1.73. The lowest BCUT2D eigenvalue weighted by Crippen LogP contribution is -2.12. The number of nitrogens with zero attached hydrogens (tertiary/aromatic N) is 1. The topological polar surface area (TPSA) is 52.9 Å². The highest BCUT2D eigenvalue weighted by atomic mass is 35.5. The zero-order chi connectivity index (χ0) is 14.7. The van der Waals surface area contributed by atoms with Crippen LogP contribution in [0.1, 0.15) is 15.9 Å². The van der Waals surface area contributed by atoms with Crippen molar-refractivity contribution in [2.75, 3.05) is 5.32 Å². The summed E-state index contributed by atoms with van der Waals surface area (Å²) in [5.41, 5.74) is 1.06. The highest BCUT2D eigenvalue weighted by Crippen LogP contribution is 2.25. The molecule has 20 heavy (non-hydrogen) atoms. The van der Waals surface area contributed by atoms with E-state index in [1.54, 1.807) is 12.1 Å². The molecule has 0 fully saturated rings. The largest absolute Gasteiger partial charge is 0.321 e. The van der Waals surface area contributed by atoms with E-state index in [0.717, 1.165) is 0 Å². The highest BCUT2D eigenvalue weighted by Gasteiger charge is 2.11. The molecule has 0 saturated heterocycles. The SMILES string of the molecule is N#Cc1ccc(Cl)c(NC(=O)c2cc(Cl)cc(Cl)c2)c1. The van der Waals surface area contributed by atoms with E-state index in [9.17, 15) is 4.79 Å². The van der Waals surface area contributed by atoms with Crippen molar-refractivity contribution < 1.29 is 4.79 Å². The van der Waals surface area contributed by atoms with Crippen LogP contribution in [0.3, 0.4) is 0 Å². The van der Waals surface area contributed by atoms with Gasteiger partial charge in [-0.05, 0) is 36.4 Å². The summed E-state index contributed by atoms with van der Waals surface area (Å²) < 4.78 is 0. The lowest BCUT2D eigenvalue weighted by atomic mass is 10.2. The van der Waals surface area contributed by atoms with Gasteiger partial charge in [0, 0.05) is 15.6 Å². The Morgan fingerprint density at radius 1 is 1.05 bits per heavy atom. The third-order valence-electron chi connectivity index (χ3n) is 2.47. The highest BCUT2D eigenvalue weighted by molar-refractivity contribution is 6.36. The summed E-state index contributed by atoms with van der Waals surface area (Å²) in [6.07, 6.45) is 0. The molecule has 100 valence electrons. The zero-order valence-electron chi connectivity index (χ0n) is 9.95. The van der Waals surface area contributed by atoms with Gasteiger partial charge in [0.2, 0.25) is 0 Å². The fourth-order valence-electron chi connectivity index (χ4n) is 1.57. The Morgan fingerprint density at radius 2 is 1.70 bits per heavy atom. The molecule has 0 aliphatic heterocycles. The number of benzene rings is 2. The van der Waals surface area contributed by atoms with Gasteiger partial charge in [-0.15, -0.1) is 0 Å². The van der Waals surface area contributed by atoms with Gasteiger partial charge < -0.3 is 5.32 Å². The van der Waals surface area contributed by atoms with Crippen LogP contribution in [-0.4, -0.2) is 5.91 Å². The fraction of sp³-hybridized carbons (Fsp3) is 0. The Labute approximate surface area is 130 Å². The number of nitrogens with one attached hydrogen (secondary N) is 1. The smallest absolute Gasteiger partial charge is 0.255 e. The number of halogens is 3. The molecule has 2 aromatic rings. The van der Waals surface area contributed by atoms with Crippen LogP contribution in [0.15, 0.2) is 36.4 Å². The quantitative estimate of drug-likeness (QED) is 0.864. The molecule has 1 amide bonds. The molecule has 1 N–H and O–H groups in total. The minimum Gasteiger partial charge on any atom is -0.321 e. The molecule has 0 bridgehead atoms. The first-order chi connectivity index (χ1) is 9.49. The molecule has 0 heterocycles. The van der Waals surface area contributed by atoms with Crippen LogP contribution in [-0.2, 0) is 0 Å². The molecule has 6 heteroatoms. The summed E-state index contributed by atoms with van der Waals surface area (Å²) in [6.45, 7) is 0. The number of hydrogen-bond donors (Lipinski definition) is 1. The van der Waals surface area contributed by atoms with Crippen molar-refractivity contribution >= 4 is 46.4 Å². The molecule has 2 aromatic carbocycles. The van der Waals surface area contributed by atoms with Gasteiger partial charge in [0.15, 0.2) is 0 Å². The van der Waals surface area contributed by atoms with Crippen molar-refractivity contribution in [3.8, 4) is 6.07 Å². The molecule has 0 aliphatic carbocycles. The molecule has 0 aliphatic rings. The van der Waals surface area contributed by atoms with E-state index >= 15 is 0 Å². The first kappa shape index (κ1) is 14.7. The summed E-state index contributed by atoms with van der Waals surface area (Å²) in [7, 11) is 0. The number of carbonyl (C=O) groups is 1. The van der Waals surface area contributed by atoms with Crippen LogP contribution in [0.2, 0.25) is 15.1 Å². The summed E-state index contributed by atoms with van der Waals surface area (Å²) in [4.78, 5) is 12.1. The number of carbonyl (C=O) groups excluding carboxylic acids is 1. The van der Waals surface area contributed by atoms with Crippen molar-refractivity contribution in [1.29, 1.82) is 5.26 Å². The van der Waals surface area contributed by atoms with Gasteiger partial charge >= 0.3 is 0 Å². The van der Waals surface area contributed by atoms with Gasteiger partial charge in [0.05, 0.1) is 22.3 Å².